The van der Waals surface area contributed by atoms with E-state index in [1.165, 1.54) is 18.0 Å². The molecule has 0 aliphatic heterocycles. The van der Waals surface area contributed by atoms with E-state index in [4.69, 9.17) is 11.6 Å². The van der Waals surface area contributed by atoms with E-state index >= 15 is 0 Å². The highest BCUT2D eigenvalue weighted by Gasteiger charge is 2.17. The average Bonchev–Trinajstić information content (AvgIpc) is 3.05. The summed E-state index contributed by atoms with van der Waals surface area (Å²) in [4.78, 5) is 12.6. The molecule has 140 valence electrons. The van der Waals surface area contributed by atoms with Gasteiger partial charge in [0.15, 0.2) is 18.2 Å². The zero-order valence-corrected chi connectivity index (χ0v) is 16.5. The Morgan fingerprint density at radius 3 is 2.56 bits per heavy atom. The summed E-state index contributed by atoms with van der Waals surface area (Å²) in [6.07, 6.45) is 1.87. The van der Waals surface area contributed by atoms with Crippen LogP contribution >= 0.6 is 35.9 Å². The fourth-order valence-electron chi connectivity index (χ4n) is 2.33. The normalized spacial score (nSPS) is 10.5. The van der Waals surface area contributed by atoms with E-state index in [0.29, 0.717) is 16.5 Å². The molecule has 0 spiro atoms. The van der Waals surface area contributed by atoms with Crippen LogP contribution in [-0.2, 0) is 0 Å². The van der Waals surface area contributed by atoms with E-state index in [1.54, 1.807) is 18.2 Å². The summed E-state index contributed by atoms with van der Waals surface area (Å²) in [5, 5.41) is 10.2. The minimum absolute atomic E-state index is 0.0558. The standard InChI is InChI=1S/C17H15ClFN5OS2/c1-26-23-14-8-11(18)7-13(9-14)21-17(25)15-10-16(22-24(15)27-19)20-12-5-3-2-4-6-12/h2-10,23H,1H3,(H,20,22)(H,21,25). The van der Waals surface area contributed by atoms with Gasteiger partial charge in [0.1, 0.15) is 5.69 Å². The van der Waals surface area contributed by atoms with Crippen molar-refractivity contribution in [3.63, 3.8) is 0 Å². The van der Waals surface area contributed by atoms with Gasteiger partial charge in [0, 0.05) is 34.4 Å². The fraction of sp³-hybridized carbons (Fsp3) is 0.0588. The topological polar surface area (TPSA) is 71.0 Å². The molecular weight excluding hydrogens is 409 g/mol. The molecule has 0 saturated heterocycles. The average molecular weight is 424 g/mol. The van der Waals surface area contributed by atoms with Crippen molar-refractivity contribution in [1.82, 2.24) is 9.19 Å². The molecule has 0 aliphatic rings. The van der Waals surface area contributed by atoms with E-state index in [-0.39, 0.29) is 18.0 Å². The Morgan fingerprint density at radius 2 is 1.85 bits per heavy atom. The molecule has 3 rings (SSSR count). The summed E-state index contributed by atoms with van der Waals surface area (Å²) >= 11 is 7.32. The molecule has 0 radical (unpaired) electrons. The number of nitrogens with one attached hydrogen (secondary N) is 3. The van der Waals surface area contributed by atoms with Gasteiger partial charge in [0.05, 0.1) is 0 Å². The molecule has 0 aliphatic carbocycles. The lowest BCUT2D eigenvalue weighted by Gasteiger charge is -2.09. The number of rotatable bonds is 7. The molecule has 3 N–H and O–H groups in total. The molecule has 0 saturated carbocycles. The Balaban J connectivity index is 1.80. The highest BCUT2D eigenvalue weighted by Crippen LogP contribution is 2.26. The molecule has 1 aromatic heterocycles. The molecule has 0 atom stereocenters. The molecule has 1 amide bonds. The lowest BCUT2D eigenvalue weighted by Crippen LogP contribution is -2.15. The van der Waals surface area contributed by atoms with E-state index in [0.717, 1.165) is 15.5 Å². The number of hydrogen-bond acceptors (Lipinski definition) is 6. The number of carbonyl (C=O) groups excluding carboxylic acids is 1. The minimum Gasteiger partial charge on any atom is -0.339 e. The highest BCUT2D eigenvalue weighted by atomic mass is 35.5. The van der Waals surface area contributed by atoms with Gasteiger partial charge in [0.25, 0.3) is 5.91 Å². The van der Waals surface area contributed by atoms with E-state index < -0.39 is 5.91 Å². The van der Waals surface area contributed by atoms with Crippen LogP contribution in [0.2, 0.25) is 5.02 Å². The van der Waals surface area contributed by atoms with E-state index in [2.05, 4.69) is 20.5 Å². The third-order valence-electron chi connectivity index (χ3n) is 3.40. The first-order chi connectivity index (χ1) is 13.1. The summed E-state index contributed by atoms with van der Waals surface area (Å²) in [6, 6.07) is 15.8. The summed E-state index contributed by atoms with van der Waals surface area (Å²) in [5.41, 5.74) is 2.06. The molecule has 6 nitrogen and oxygen atoms in total. The van der Waals surface area contributed by atoms with Crippen molar-refractivity contribution in [2.75, 3.05) is 21.6 Å². The van der Waals surface area contributed by atoms with Crippen molar-refractivity contribution in [3.05, 3.63) is 65.3 Å². The van der Waals surface area contributed by atoms with Gasteiger partial charge < -0.3 is 15.4 Å². The maximum absolute atomic E-state index is 13.2. The first kappa shape index (κ1) is 19.4. The van der Waals surface area contributed by atoms with Crippen molar-refractivity contribution in [2.24, 2.45) is 0 Å². The molecule has 3 aromatic rings. The second-order valence-electron chi connectivity index (χ2n) is 5.34. The predicted octanol–water partition coefficient (Wildman–Crippen LogP) is 5.60. The van der Waals surface area contributed by atoms with Crippen molar-refractivity contribution in [1.29, 1.82) is 0 Å². The molecule has 2 aromatic carbocycles. The van der Waals surface area contributed by atoms with Crippen LogP contribution in [-0.4, -0.2) is 21.3 Å². The van der Waals surface area contributed by atoms with Gasteiger partial charge in [-0.1, -0.05) is 41.7 Å². The Morgan fingerprint density at radius 1 is 1.11 bits per heavy atom. The van der Waals surface area contributed by atoms with Crippen molar-refractivity contribution >= 4 is 64.7 Å². The van der Waals surface area contributed by atoms with Crippen LogP contribution in [0.15, 0.2) is 54.6 Å². The quantitative estimate of drug-likeness (QED) is 0.429. The van der Waals surface area contributed by atoms with Gasteiger partial charge in [-0.15, -0.1) is 8.98 Å². The monoisotopic (exact) mass is 423 g/mol. The number of benzene rings is 2. The smallest absolute Gasteiger partial charge is 0.275 e. The first-order valence-electron chi connectivity index (χ1n) is 7.71. The highest BCUT2D eigenvalue weighted by molar-refractivity contribution is 7.99. The van der Waals surface area contributed by atoms with Crippen LogP contribution in [0.5, 0.6) is 0 Å². The third kappa shape index (κ3) is 5.09. The number of amides is 1. The van der Waals surface area contributed by atoms with Crippen LogP contribution in [0.25, 0.3) is 0 Å². The van der Waals surface area contributed by atoms with Gasteiger partial charge in [-0.2, -0.15) is 4.09 Å². The molecule has 0 fully saturated rings. The molecule has 0 bridgehead atoms. The minimum atomic E-state index is -0.508. The second kappa shape index (κ2) is 9.03. The number of para-hydroxylation sites is 1. The lowest BCUT2D eigenvalue weighted by molar-refractivity contribution is 0.102. The summed E-state index contributed by atoms with van der Waals surface area (Å²) < 4.78 is 17.2. The number of nitrogens with zero attached hydrogens (tertiary/aromatic N) is 2. The predicted molar refractivity (Wildman–Crippen MR) is 113 cm³/mol. The van der Waals surface area contributed by atoms with Crippen LogP contribution in [0.1, 0.15) is 10.5 Å². The number of hydrogen-bond donors (Lipinski definition) is 3. The maximum atomic E-state index is 13.2. The number of anilines is 4. The summed E-state index contributed by atoms with van der Waals surface area (Å²) in [7, 11) is 0. The maximum Gasteiger partial charge on any atom is 0.275 e. The Labute approximate surface area is 169 Å². The van der Waals surface area contributed by atoms with Crippen LogP contribution in [0.4, 0.5) is 26.8 Å². The van der Waals surface area contributed by atoms with Gasteiger partial charge in [-0.3, -0.25) is 4.79 Å². The van der Waals surface area contributed by atoms with Crippen LogP contribution in [0.3, 0.4) is 0 Å². The number of halogens is 2. The summed E-state index contributed by atoms with van der Waals surface area (Å²) in [5.74, 6) is -0.154. The van der Waals surface area contributed by atoms with Gasteiger partial charge in [-0.05, 0) is 30.3 Å². The van der Waals surface area contributed by atoms with E-state index in [1.807, 2.05) is 36.6 Å². The Kier molecular flexibility index (Phi) is 6.49. The molecule has 27 heavy (non-hydrogen) atoms. The zero-order valence-electron chi connectivity index (χ0n) is 14.1. The third-order valence-corrected chi connectivity index (χ3v) is 4.46. The first-order valence-corrected chi connectivity index (χ1v) is 9.99. The van der Waals surface area contributed by atoms with E-state index in [9.17, 15) is 8.68 Å². The second-order valence-corrected chi connectivity index (χ2v) is 6.87. The van der Waals surface area contributed by atoms with Crippen LogP contribution < -0.4 is 15.4 Å². The summed E-state index contributed by atoms with van der Waals surface area (Å²) in [6.45, 7) is 0. The fourth-order valence-corrected chi connectivity index (χ4v) is 3.25. The molecule has 1 heterocycles. The Bertz CT molecular complexity index is 938. The zero-order chi connectivity index (χ0) is 19.2. The van der Waals surface area contributed by atoms with Gasteiger partial charge in [-0.25, -0.2) is 0 Å². The Hall–Kier alpha value is -2.36. The molecule has 0 unspecified atom stereocenters. The SMILES string of the molecule is CSNc1cc(Cl)cc(NC(=O)c2cc(Nc3ccccc3)nn2SF)c1. The number of carbonyl (C=O) groups is 1. The van der Waals surface area contributed by atoms with Gasteiger partial charge >= 0.3 is 0 Å². The van der Waals surface area contributed by atoms with Crippen molar-refractivity contribution < 1.29 is 8.68 Å². The van der Waals surface area contributed by atoms with Gasteiger partial charge in [0.2, 0.25) is 0 Å². The lowest BCUT2D eigenvalue weighted by atomic mass is 10.2. The number of aromatic nitrogens is 2. The molecule has 10 heteroatoms. The van der Waals surface area contributed by atoms with Crippen molar-refractivity contribution in [2.45, 2.75) is 0 Å². The van der Waals surface area contributed by atoms with Crippen molar-refractivity contribution in [3.8, 4) is 0 Å². The molecular formula is C17H15ClFN5OS2. The van der Waals surface area contributed by atoms with Crippen LogP contribution in [0, 0.1) is 0 Å². The largest absolute Gasteiger partial charge is 0.339 e.